The molecule has 0 spiro atoms. The first kappa shape index (κ1) is 18.1. The van der Waals surface area contributed by atoms with Crippen LogP contribution in [0.2, 0.25) is 0 Å². The molecule has 0 aliphatic carbocycles. The van der Waals surface area contributed by atoms with Gasteiger partial charge in [-0.05, 0) is 23.8 Å². The quantitative estimate of drug-likeness (QED) is 0.264. The summed E-state index contributed by atoms with van der Waals surface area (Å²) in [4.78, 5) is 22.3. The summed E-state index contributed by atoms with van der Waals surface area (Å²) in [7, 11) is 0. The molecule has 0 saturated carbocycles. The van der Waals surface area contributed by atoms with Crippen molar-refractivity contribution in [3.05, 3.63) is 74.8 Å². The minimum atomic E-state index is -1.70. The largest absolute Gasteiger partial charge is 0.872 e. The number of nitro groups is 1. The summed E-state index contributed by atoms with van der Waals surface area (Å²) in [5.41, 5.74) is -0.295. The molecule has 4 N–H and O–H groups in total. The fraction of sp³-hybridized carbons (Fsp3) is 0.0625. The Labute approximate surface area is 151 Å². The molecule has 0 radical (unpaired) electrons. The normalized spacial score (nSPS) is 15.9. The van der Waals surface area contributed by atoms with E-state index in [1.165, 1.54) is 36.4 Å². The molecule has 11 nitrogen and oxygen atoms in total. The molecule has 0 saturated heterocycles. The number of nitro benzene ring substituents is 1. The summed E-state index contributed by atoms with van der Waals surface area (Å²) in [5, 5.41) is 57.6. The summed E-state index contributed by atoms with van der Waals surface area (Å²) in [6, 6.07) is 8.53. The predicted molar refractivity (Wildman–Crippen MR) is 91.4 cm³/mol. The molecular weight excluding hydrogens is 360 g/mol. The maximum Gasteiger partial charge on any atom is 0.271 e. The van der Waals surface area contributed by atoms with Gasteiger partial charge in [0.15, 0.2) is 0 Å². The fourth-order valence-electron chi connectivity index (χ4n) is 2.48. The van der Waals surface area contributed by atoms with Crippen LogP contribution in [0.25, 0.3) is 0 Å². The number of hydrogen-bond acceptors (Lipinski definition) is 9. The average Bonchev–Trinajstić information content (AvgIpc) is 2.65. The van der Waals surface area contributed by atoms with E-state index < -0.39 is 28.4 Å². The standard InChI is InChI=1S/C16H13N4O7/c21-14(8-1-3-9(4-2-8)19(24)25)15(22)13-16(23)18-12-7-10(20(26)27)5-6-11(12)17-13/h1-7,14,17,21-22,24H,(H,18,23)/q-1/p-1. The Balaban J connectivity index is 1.90. The molecular formula is C16H12N4O7-2. The SMILES string of the molecule is O=C1Nc2cc([N+](=O)[O-])ccc2NC1=C([O-])C(O)c1ccc(N([O-])O)cc1. The molecule has 1 aliphatic heterocycles. The number of carbonyl (C=O) groups is 1. The van der Waals surface area contributed by atoms with Gasteiger partial charge < -0.3 is 31.3 Å². The number of nitrogens with one attached hydrogen (secondary N) is 2. The van der Waals surface area contributed by atoms with Gasteiger partial charge in [0, 0.05) is 12.1 Å². The molecule has 1 aliphatic rings. The van der Waals surface area contributed by atoms with E-state index >= 15 is 0 Å². The van der Waals surface area contributed by atoms with E-state index in [-0.39, 0.29) is 33.5 Å². The summed E-state index contributed by atoms with van der Waals surface area (Å²) in [5.74, 6) is -1.79. The van der Waals surface area contributed by atoms with Gasteiger partial charge in [-0.2, -0.15) is 0 Å². The zero-order valence-corrected chi connectivity index (χ0v) is 13.4. The number of rotatable bonds is 4. The van der Waals surface area contributed by atoms with Crippen molar-refractivity contribution in [3.8, 4) is 0 Å². The second kappa shape index (κ2) is 6.92. The number of aliphatic hydroxyl groups is 1. The summed E-state index contributed by atoms with van der Waals surface area (Å²) >= 11 is 0. The molecule has 0 aromatic heterocycles. The minimum absolute atomic E-state index is 0.0993. The number of anilines is 3. The first-order valence-corrected chi connectivity index (χ1v) is 7.50. The Bertz CT molecular complexity index is 940. The molecule has 1 heterocycles. The van der Waals surface area contributed by atoms with E-state index in [4.69, 9.17) is 5.21 Å². The highest BCUT2D eigenvalue weighted by molar-refractivity contribution is 6.11. The van der Waals surface area contributed by atoms with Gasteiger partial charge in [0.2, 0.25) is 0 Å². The van der Waals surface area contributed by atoms with Crippen LogP contribution in [0.5, 0.6) is 0 Å². The van der Waals surface area contributed by atoms with Gasteiger partial charge in [-0.1, -0.05) is 17.9 Å². The highest BCUT2D eigenvalue weighted by Crippen LogP contribution is 2.33. The van der Waals surface area contributed by atoms with Gasteiger partial charge in [0.1, 0.15) is 0 Å². The Hall–Kier alpha value is -3.67. The zero-order valence-electron chi connectivity index (χ0n) is 13.4. The van der Waals surface area contributed by atoms with Gasteiger partial charge in [-0.25, -0.2) is 0 Å². The van der Waals surface area contributed by atoms with E-state index in [0.29, 0.717) is 0 Å². The lowest BCUT2D eigenvalue weighted by atomic mass is 10.0. The van der Waals surface area contributed by atoms with Crippen molar-refractivity contribution in [2.75, 3.05) is 15.9 Å². The van der Waals surface area contributed by atoms with Crippen LogP contribution in [-0.4, -0.2) is 21.1 Å². The lowest BCUT2D eigenvalue weighted by Gasteiger charge is -2.29. The number of aliphatic hydroxyl groups excluding tert-OH is 1. The number of benzene rings is 2. The van der Waals surface area contributed by atoms with Crippen molar-refractivity contribution in [3.63, 3.8) is 0 Å². The molecule has 140 valence electrons. The third kappa shape index (κ3) is 3.50. The Morgan fingerprint density at radius 1 is 1.11 bits per heavy atom. The first-order valence-electron chi connectivity index (χ1n) is 7.50. The van der Waals surface area contributed by atoms with Gasteiger partial charge in [-0.15, -0.1) is 0 Å². The van der Waals surface area contributed by atoms with Crippen molar-refractivity contribution in [1.29, 1.82) is 0 Å². The Morgan fingerprint density at radius 2 is 1.78 bits per heavy atom. The third-order valence-electron chi connectivity index (χ3n) is 3.87. The van der Waals surface area contributed by atoms with Crippen molar-refractivity contribution in [1.82, 2.24) is 0 Å². The maximum atomic E-state index is 12.5. The number of non-ortho nitro benzene ring substituents is 1. The van der Waals surface area contributed by atoms with Crippen LogP contribution in [0.3, 0.4) is 0 Å². The first-order chi connectivity index (χ1) is 12.8. The molecule has 1 amide bonds. The van der Waals surface area contributed by atoms with Crippen molar-refractivity contribution in [2.24, 2.45) is 0 Å². The van der Waals surface area contributed by atoms with Crippen LogP contribution in [0.4, 0.5) is 22.7 Å². The average molecular weight is 372 g/mol. The van der Waals surface area contributed by atoms with Crippen molar-refractivity contribution < 1.29 is 25.1 Å². The highest BCUT2D eigenvalue weighted by atomic mass is 16.8. The van der Waals surface area contributed by atoms with Crippen LogP contribution >= 0.6 is 0 Å². The molecule has 2 aromatic carbocycles. The molecule has 0 bridgehead atoms. The van der Waals surface area contributed by atoms with E-state index in [0.717, 1.165) is 6.07 Å². The molecule has 11 heteroatoms. The van der Waals surface area contributed by atoms with Crippen molar-refractivity contribution >= 4 is 28.7 Å². The summed E-state index contributed by atoms with van der Waals surface area (Å²) in [6.45, 7) is 0. The van der Waals surface area contributed by atoms with E-state index in [9.17, 15) is 30.3 Å². The molecule has 0 fully saturated rings. The molecule has 27 heavy (non-hydrogen) atoms. The number of nitrogens with zero attached hydrogens (tertiary/aromatic N) is 2. The summed E-state index contributed by atoms with van der Waals surface area (Å²) < 4.78 is 0. The van der Waals surface area contributed by atoms with E-state index in [1.807, 2.05) is 0 Å². The van der Waals surface area contributed by atoms with Gasteiger partial charge >= 0.3 is 0 Å². The van der Waals surface area contributed by atoms with Gasteiger partial charge in [0.25, 0.3) is 11.6 Å². The lowest BCUT2D eigenvalue weighted by Crippen LogP contribution is -2.31. The van der Waals surface area contributed by atoms with Gasteiger partial charge in [-0.3, -0.25) is 20.1 Å². The molecule has 3 rings (SSSR count). The molecule has 2 aromatic rings. The number of amides is 1. The monoisotopic (exact) mass is 372 g/mol. The van der Waals surface area contributed by atoms with E-state index in [1.54, 1.807) is 0 Å². The number of fused-ring (bicyclic) bond motifs is 1. The third-order valence-corrected chi connectivity index (χ3v) is 3.87. The second-order valence-electron chi connectivity index (χ2n) is 5.57. The smallest absolute Gasteiger partial charge is 0.271 e. The van der Waals surface area contributed by atoms with Crippen LogP contribution in [0, 0.1) is 15.3 Å². The topological polar surface area (TPSA) is 174 Å². The van der Waals surface area contributed by atoms with Crippen molar-refractivity contribution in [2.45, 2.75) is 6.10 Å². The number of carbonyl (C=O) groups excluding carboxylic acids is 1. The van der Waals surface area contributed by atoms with Gasteiger partial charge in [0.05, 0.1) is 33.8 Å². The number of hydrogen-bond donors (Lipinski definition) is 4. The maximum absolute atomic E-state index is 12.5. The Morgan fingerprint density at radius 3 is 2.37 bits per heavy atom. The van der Waals surface area contributed by atoms with Crippen LogP contribution < -0.4 is 21.0 Å². The second-order valence-corrected chi connectivity index (χ2v) is 5.57. The van der Waals surface area contributed by atoms with Crippen LogP contribution in [0.15, 0.2) is 53.9 Å². The Kier molecular flexibility index (Phi) is 4.64. The lowest BCUT2D eigenvalue weighted by molar-refractivity contribution is -0.384. The van der Waals surface area contributed by atoms with E-state index in [2.05, 4.69) is 10.6 Å². The summed E-state index contributed by atoms with van der Waals surface area (Å²) in [6.07, 6.45) is -1.70. The highest BCUT2D eigenvalue weighted by Gasteiger charge is 2.24. The molecule has 1 atom stereocenters. The fourth-order valence-corrected chi connectivity index (χ4v) is 2.48. The zero-order chi connectivity index (χ0) is 19.7. The van der Waals surface area contributed by atoms with Crippen LogP contribution in [-0.2, 0) is 4.79 Å². The molecule has 1 unspecified atom stereocenters. The minimum Gasteiger partial charge on any atom is -0.872 e. The van der Waals surface area contributed by atoms with Crippen LogP contribution in [0.1, 0.15) is 11.7 Å². The predicted octanol–water partition coefficient (Wildman–Crippen LogP) is 0.958.